The number of rotatable bonds is 5. The zero-order valence-corrected chi connectivity index (χ0v) is 15.4. The highest BCUT2D eigenvalue weighted by Gasteiger charge is 2.32. The third-order valence-electron chi connectivity index (χ3n) is 5.21. The Hall–Kier alpha value is -2.92. The number of nitrogens with one attached hydrogen (secondary N) is 1. The van der Waals surface area contributed by atoms with Gasteiger partial charge in [-0.2, -0.15) is 5.10 Å². The summed E-state index contributed by atoms with van der Waals surface area (Å²) in [4.78, 5) is 14.2. The average Bonchev–Trinajstić information content (AvgIpc) is 3.38. The van der Waals surface area contributed by atoms with Gasteiger partial charge in [0, 0.05) is 12.1 Å². The van der Waals surface area contributed by atoms with Crippen LogP contribution in [0.25, 0.3) is 22.4 Å². The molecular weight excluding hydrogens is 338 g/mol. The van der Waals surface area contributed by atoms with Crippen LogP contribution in [0.15, 0.2) is 60.8 Å². The standard InChI is InChI=1S/C22H23N3O2/c1-27-22(26)20-8-5-13-25(20)15-19-14-23-24-21(19)18-11-9-17(10-12-18)16-6-3-2-4-7-16/h2-4,6-7,9-12,14,20H,5,8,13,15H2,1H3,(H,23,24)/t20-/m0/s1. The molecule has 138 valence electrons. The largest absolute Gasteiger partial charge is 0.468 e. The molecule has 3 aromatic rings. The summed E-state index contributed by atoms with van der Waals surface area (Å²) in [5.41, 5.74) is 5.58. The van der Waals surface area contributed by atoms with Gasteiger partial charge in [-0.05, 0) is 36.1 Å². The summed E-state index contributed by atoms with van der Waals surface area (Å²) in [7, 11) is 1.45. The molecule has 0 aliphatic carbocycles. The molecule has 0 saturated carbocycles. The maximum Gasteiger partial charge on any atom is 0.323 e. The first-order valence-electron chi connectivity index (χ1n) is 9.26. The topological polar surface area (TPSA) is 58.2 Å². The maximum absolute atomic E-state index is 12.0. The van der Waals surface area contributed by atoms with E-state index in [-0.39, 0.29) is 12.0 Å². The molecule has 5 heteroatoms. The lowest BCUT2D eigenvalue weighted by atomic mass is 10.0. The molecule has 0 unspecified atom stereocenters. The first kappa shape index (κ1) is 17.5. The highest BCUT2D eigenvalue weighted by molar-refractivity contribution is 5.76. The van der Waals surface area contributed by atoms with Crippen LogP contribution in [0.3, 0.4) is 0 Å². The molecule has 0 radical (unpaired) electrons. The fourth-order valence-corrected chi connectivity index (χ4v) is 3.78. The van der Waals surface area contributed by atoms with Crippen molar-refractivity contribution in [1.29, 1.82) is 0 Å². The highest BCUT2D eigenvalue weighted by Crippen LogP contribution is 2.28. The Kier molecular flexibility index (Phi) is 5.03. The van der Waals surface area contributed by atoms with Crippen molar-refractivity contribution in [3.05, 3.63) is 66.4 Å². The molecular formula is C22H23N3O2. The van der Waals surface area contributed by atoms with E-state index in [9.17, 15) is 4.79 Å². The average molecular weight is 361 g/mol. The molecule has 27 heavy (non-hydrogen) atoms. The molecule has 0 spiro atoms. The smallest absolute Gasteiger partial charge is 0.323 e. The molecule has 1 aliphatic heterocycles. The van der Waals surface area contributed by atoms with Gasteiger partial charge in [0.25, 0.3) is 0 Å². The molecule has 1 aromatic heterocycles. The van der Waals surface area contributed by atoms with Crippen LogP contribution in [0.1, 0.15) is 18.4 Å². The molecule has 1 N–H and O–H groups in total. The van der Waals surface area contributed by atoms with E-state index in [1.807, 2.05) is 24.4 Å². The SMILES string of the molecule is COC(=O)[C@@H]1CCCN1Cc1cn[nH]c1-c1ccc(-c2ccccc2)cc1. The maximum atomic E-state index is 12.0. The predicted molar refractivity (Wildman–Crippen MR) is 105 cm³/mol. The van der Waals surface area contributed by atoms with Crippen molar-refractivity contribution in [2.75, 3.05) is 13.7 Å². The quantitative estimate of drug-likeness (QED) is 0.701. The van der Waals surface area contributed by atoms with Crippen LogP contribution in [-0.4, -0.2) is 40.8 Å². The minimum Gasteiger partial charge on any atom is -0.468 e. The van der Waals surface area contributed by atoms with Crippen molar-refractivity contribution in [2.45, 2.75) is 25.4 Å². The molecule has 1 saturated heterocycles. The Balaban J connectivity index is 1.54. The number of likely N-dealkylation sites (tertiary alicyclic amines) is 1. The number of ether oxygens (including phenoxy) is 1. The minimum atomic E-state index is -0.154. The van der Waals surface area contributed by atoms with Crippen LogP contribution in [0.4, 0.5) is 0 Å². The van der Waals surface area contributed by atoms with E-state index in [0.717, 1.165) is 36.2 Å². The van der Waals surface area contributed by atoms with Gasteiger partial charge in [0.1, 0.15) is 6.04 Å². The number of H-pyrrole nitrogens is 1. The number of benzene rings is 2. The predicted octanol–water partition coefficient (Wildman–Crippen LogP) is 3.88. The molecule has 1 fully saturated rings. The third kappa shape index (κ3) is 3.64. The van der Waals surface area contributed by atoms with Crippen LogP contribution in [-0.2, 0) is 16.1 Å². The van der Waals surface area contributed by atoms with E-state index in [0.29, 0.717) is 6.54 Å². The fourth-order valence-electron chi connectivity index (χ4n) is 3.78. The first-order chi connectivity index (χ1) is 13.3. The van der Waals surface area contributed by atoms with Crippen LogP contribution >= 0.6 is 0 Å². The summed E-state index contributed by atoms with van der Waals surface area (Å²) >= 11 is 0. The van der Waals surface area contributed by atoms with Crippen molar-refractivity contribution in [3.63, 3.8) is 0 Å². The van der Waals surface area contributed by atoms with Gasteiger partial charge in [-0.15, -0.1) is 0 Å². The second kappa shape index (κ2) is 7.76. The molecule has 4 rings (SSSR count). The monoisotopic (exact) mass is 361 g/mol. The van der Waals surface area contributed by atoms with Gasteiger partial charge in [-0.1, -0.05) is 54.6 Å². The van der Waals surface area contributed by atoms with Gasteiger partial charge < -0.3 is 4.74 Å². The number of esters is 1. The van der Waals surface area contributed by atoms with E-state index in [1.54, 1.807) is 0 Å². The summed E-state index contributed by atoms with van der Waals surface area (Å²) in [5.74, 6) is -0.148. The Morgan fingerprint density at radius 2 is 1.81 bits per heavy atom. The van der Waals surface area contributed by atoms with E-state index in [1.165, 1.54) is 18.2 Å². The summed E-state index contributed by atoms with van der Waals surface area (Å²) in [6.07, 6.45) is 3.72. The zero-order chi connectivity index (χ0) is 18.6. The summed E-state index contributed by atoms with van der Waals surface area (Å²) in [5, 5.41) is 7.36. The number of aromatic amines is 1. The number of aromatic nitrogens is 2. The van der Waals surface area contributed by atoms with Gasteiger partial charge in [0.15, 0.2) is 0 Å². The lowest BCUT2D eigenvalue weighted by molar-refractivity contribution is -0.146. The van der Waals surface area contributed by atoms with Gasteiger partial charge in [-0.25, -0.2) is 0 Å². The number of carbonyl (C=O) groups excluding carboxylic acids is 1. The van der Waals surface area contributed by atoms with E-state index >= 15 is 0 Å². The second-order valence-electron chi connectivity index (χ2n) is 6.87. The Morgan fingerprint density at radius 1 is 1.11 bits per heavy atom. The summed E-state index contributed by atoms with van der Waals surface area (Å²) in [6, 6.07) is 18.7. The van der Waals surface area contributed by atoms with Crippen molar-refractivity contribution < 1.29 is 9.53 Å². The number of hydrogen-bond acceptors (Lipinski definition) is 4. The van der Waals surface area contributed by atoms with Crippen molar-refractivity contribution >= 4 is 5.97 Å². The molecule has 5 nitrogen and oxygen atoms in total. The van der Waals surface area contributed by atoms with Gasteiger partial charge in [-0.3, -0.25) is 14.8 Å². The number of nitrogens with zero attached hydrogens (tertiary/aromatic N) is 2. The summed E-state index contributed by atoms with van der Waals surface area (Å²) < 4.78 is 4.95. The highest BCUT2D eigenvalue weighted by atomic mass is 16.5. The molecule has 2 aromatic carbocycles. The fraction of sp³-hybridized carbons (Fsp3) is 0.273. The molecule has 0 amide bonds. The normalized spacial score (nSPS) is 17.1. The lowest BCUT2D eigenvalue weighted by Gasteiger charge is -2.22. The van der Waals surface area contributed by atoms with E-state index in [2.05, 4.69) is 51.5 Å². The van der Waals surface area contributed by atoms with Crippen LogP contribution < -0.4 is 0 Å². The van der Waals surface area contributed by atoms with Crippen LogP contribution in [0, 0.1) is 0 Å². The second-order valence-corrected chi connectivity index (χ2v) is 6.87. The minimum absolute atomic E-state index is 0.148. The number of carbonyl (C=O) groups is 1. The van der Waals surface area contributed by atoms with Crippen LogP contribution in [0.5, 0.6) is 0 Å². The van der Waals surface area contributed by atoms with Crippen molar-refractivity contribution in [1.82, 2.24) is 15.1 Å². The van der Waals surface area contributed by atoms with Crippen LogP contribution in [0.2, 0.25) is 0 Å². The molecule has 2 heterocycles. The van der Waals surface area contributed by atoms with Gasteiger partial charge in [0.2, 0.25) is 0 Å². The Morgan fingerprint density at radius 3 is 2.56 bits per heavy atom. The van der Waals surface area contributed by atoms with Gasteiger partial charge >= 0.3 is 5.97 Å². The molecule has 1 aliphatic rings. The Labute approximate surface area is 159 Å². The van der Waals surface area contributed by atoms with E-state index in [4.69, 9.17) is 4.74 Å². The molecule has 0 bridgehead atoms. The van der Waals surface area contributed by atoms with Crippen molar-refractivity contribution in [3.8, 4) is 22.4 Å². The first-order valence-corrected chi connectivity index (χ1v) is 9.26. The lowest BCUT2D eigenvalue weighted by Crippen LogP contribution is -2.36. The van der Waals surface area contributed by atoms with Crippen molar-refractivity contribution in [2.24, 2.45) is 0 Å². The number of methoxy groups -OCH3 is 1. The van der Waals surface area contributed by atoms with E-state index < -0.39 is 0 Å². The van der Waals surface area contributed by atoms with Gasteiger partial charge in [0.05, 0.1) is 19.0 Å². The molecule has 1 atom stereocenters. The zero-order valence-electron chi connectivity index (χ0n) is 15.4. The third-order valence-corrected chi connectivity index (χ3v) is 5.21. The number of hydrogen-bond donors (Lipinski definition) is 1. The summed E-state index contributed by atoms with van der Waals surface area (Å²) in [6.45, 7) is 1.59. The Bertz CT molecular complexity index is 903.